The second-order valence-electron chi connectivity index (χ2n) is 4.75. The zero-order valence-corrected chi connectivity index (χ0v) is 9.75. The van der Waals surface area contributed by atoms with E-state index in [9.17, 15) is 4.79 Å². The van der Waals surface area contributed by atoms with Crippen LogP contribution in [-0.2, 0) is 4.79 Å². The Kier molecular flexibility index (Phi) is 4.43. The largest absolute Gasteiger partial charge is 0.345 e. The van der Waals surface area contributed by atoms with Crippen LogP contribution in [0, 0.1) is 11.8 Å². The van der Waals surface area contributed by atoms with Gasteiger partial charge in [0.1, 0.15) is 0 Å². The molecule has 0 spiro atoms. The van der Waals surface area contributed by atoms with Crippen molar-refractivity contribution in [1.29, 1.82) is 0 Å². The molecular formula is C12H23NO. The fraction of sp³-hybridized carbons (Fsp3) is 0.917. The second-order valence-corrected chi connectivity index (χ2v) is 4.75. The Bertz CT molecular complexity index is 183. The van der Waals surface area contributed by atoms with Crippen LogP contribution in [-0.4, -0.2) is 24.4 Å². The maximum absolute atomic E-state index is 11.4. The Morgan fingerprint density at radius 2 is 1.86 bits per heavy atom. The Labute approximate surface area is 87.7 Å². The third-order valence-corrected chi connectivity index (χ3v) is 3.40. The van der Waals surface area contributed by atoms with Crippen molar-refractivity contribution in [2.75, 3.05) is 13.6 Å². The van der Waals surface area contributed by atoms with Gasteiger partial charge in [0.25, 0.3) is 0 Å². The fourth-order valence-electron chi connectivity index (χ4n) is 2.27. The highest BCUT2D eigenvalue weighted by Crippen LogP contribution is 2.28. The van der Waals surface area contributed by atoms with Gasteiger partial charge in [-0.25, -0.2) is 0 Å². The number of nitrogens with zero attached hydrogens (tertiary/aromatic N) is 1. The molecule has 0 radical (unpaired) electrons. The van der Waals surface area contributed by atoms with Crippen LogP contribution in [0.5, 0.6) is 0 Å². The first-order valence-electron chi connectivity index (χ1n) is 5.87. The predicted octanol–water partition coefficient (Wildman–Crippen LogP) is 2.68. The van der Waals surface area contributed by atoms with Crippen molar-refractivity contribution in [3.63, 3.8) is 0 Å². The van der Waals surface area contributed by atoms with E-state index in [4.69, 9.17) is 0 Å². The molecule has 1 aliphatic rings. The average molecular weight is 197 g/mol. The summed E-state index contributed by atoms with van der Waals surface area (Å²) >= 11 is 0. The number of hydrogen-bond donors (Lipinski definition) is 0. The molecule has 2 nitrogen and oxygen atoms in total. The van der Waals surface area contributed by atoms with E-state index < -0.39 is 0 Å². The third-order valence-electron chi connectivity index (χ3n) is 3.40. The predicted molar refractivity (Wildman–Crippen MR) is 59.1 cm³/mol. The van der Waals surface area contributed by atoms with Gasteiger partial charge >= 0.3 is 0 Å². The lowest BCUT2D eigenvalue weighted by atomic mass is 9.83. The van der Waals surface area contributed by atoms with Crippen LogP contribution in [0.4, 0.5) is 0 Å². The summed E-state index contributed by atoms with van der Waals surface area (Å²) in [6.45, 7) is 5.23. The summed E-state index contributed by atoms with van der Waals surface area (Å²) in [5, 5.41) is 0. The molecule has 0 aromatic rings. The van der Waals surface area contributed by atoms with Gasteiger partial charge in [-0.3, -0.25) is 4.79 Å². The van der Waals surface area contributed by atoms with Crippen molar-refractivity contribution in [2.45, 2.75) is 46.0 Å². The minimum atomic E-state index is 0.281. The second kappa shape index (κ2) is 5.38. The average Bonchev–Trinajstić information content (AvgIpc) is 2.20. The molecule has 1 fully saturated rings. The van der Waals surface area contributed by atoms with E-state index in [2.05, 4.69) is 6.92 Å². The van der Waals surface area contributed by atoms with Crippen molar-refractivity contribution in [2.24, 2.45) is 11.8 Å². The van der Waals surface area contributed by atoms with Gasteiger partial charge in [-0.05, 0) is 24.7 Å². The van der Waals surface area contributed by atoms with Crippen molar-refractivity contribution in [3.05, 3.63) is 0 Å². The van der Waals surface area contributed by atoms with Crippen LogP contribution in [0.2, 0.25) is 0 Å². The summed E-state index contributed by atoms with van der Waals surface area (Å²) in [5.74, 6) is 1.94. The minimum absolute atomic E-state index is 0.281. The normalized spacial score (nSPS) is 27.4. The number of rotatable bonds is 3. The zero-order chi connectivity index (χ0) is 10.6. The SMILES string of the molecule is CCC(=O)N(C)CC1CCC(C)CC1. The summed E-state index contributed by atoms with van der Waals surface area (Å²) in [6.07, 6.45) is 5.95. The first-order valence-corrected chi connectivity index (χ1v) is 5.87. The maximum atomic E-state index is 11.4. The van der Waals surface area contributed by atoms with Gasteiger partial charge in [-0.1, -0.05) is 26.7 Å². The molecule has 0 bridgehead atoms. The smallest absolute Gasteiger partial charge is 0.222 e. The minimum Gasteiger partial charge on any atom is -0.345 e. The van der Waals surface area contributed by atoms with Gasteiger partial charge < -0.3 is 4.90 Å². The van der Waals surface area contributed by atoms with Crippen molar-refractivity contribution < 1.29 is 4.79 Å². The van der Waals surface area contributed by atoms with Crippen molar-refractivity contribution in [3.8, 4) is 0 Å². The van der Waals surface area contributed by atoms with Crippen LogP contribution in [0.15, 0.2) is 0 Å². The number of hydrogen-bond acceptors (Lipinski definition) is 1. The lowest BCUT2D eigenvalue weighted by molar-refractivity contribution is -0.130. The molecule has 82 valence electrons. The highest BCUT2D eigenvalue weighted by molar-refractivity contribution is 5.75. The molecule has 0 aliphatic heterocycles. The number of amides is 1. The Hall–Kier alpha value is -0.530. The molecule has 0 heterocycles. The van der Waals surface area contributed by atoms with Crippen LogP contribution >= 0.6 is 0 Å². The molecule has 2 heteroatoms. The van der Waals surface area contributed by atoms with Gasteiger partial charge in [0.15, 0.2) is 0 Å². The Balaban J connectivity index is 2.27. The topological polar surface area (TPSA) is 20.3 Å². The van der Waals surface area contributed by atoms with Gasteiger partial charge in [0.2, 0.25) is 5.91 Å². The molecule has 1 saturated carbocycles. The molecular weight excluding hydrogens is 174 g/mol. The van der Waals surface area contributed by atoms with Gasteiger partial charge in [0, 0.05) is 20.0 Å². The molecule has 14 heavy (non-hydrogen) atoms. The molecule has 0 aromatic heterocycles. The third kappa shape index (κ3) is 3.32. The molecule has 0 saturated heterocycles. The van der Waals surface area contributed by atoms with Gasteiger partial charge in [-0.15, -0.1) is 0 Å². The number of carbonyl (C=O) groups excluding carboxylic acids is 1. The summed E-state index contributed by atoms with van der Waals surface area (Å²) in [7, 11) is 1.93. The van der Waals surface area contributed by atoms with Gasteiger partial charge in [0.05, 0.1) is 0 Å². The standard InChI is InChI=1S/C12H23NO/c1-4-12(14)13(3)9-11-7-5-10(2)6-8-11/h10-11H,4-9H2,1-3H3. The molecule has 0 unspecified atom stereocenters. The van der Waals surface area contributed by atoms with E-state index in [0.717, 1.165) is 18.4 Å². The van der Waals surface area contributed by atoms with E-state index in [1.807, 2.05) is 18.9 Å². The summed E-state index contributed by atoms with van der Waals surface area (Å²) in [6, 6.07) is 0. The highest BCUT2D eigenvalue weighted by Gasteiger charge is 2.20. The van der Waals surface area contributed by atoms with Crippen LogP contribution in [0.3, 0.4) is 0 Å². The summed E-state index contributed by atoms with van der Waals surface area (Å²) in [4.78, 5) is 13.3. The first-order chi connectivity index (χ1) is 6.63. The van der Waals surface area contributed by atoms with E-state index in [1.54, 1.807) is 0 Å². The first kappa shape index (κ1) is 11.5. The van der Waals surface area contributed by atoms with Gasteiger partial charge in [-0.2, -0.15) is 0 Å². The lowest BCUT2D eigenvalue weighted by Gasteiger charge is -2.29. The molecule has 0 aromatic carbocycles. The number of carbonyl (C=O) groups is 1. The maximum Gasteiger partial charge on any atom is 0.222 e. The van der Waals surface area contributed by atoms with Crippen molar-refractivity contribution >= 4 is 5.91 Å². The quantitative estimate of drug-likeness (QED) is 0.681. The van der Waals surface area contributed by atoms with Crippen molar-refractivity contribution in [1.82, 2.24) is 4.90 Å². The molecule has 1 rings (SSSR count). The highest BCUT2D eigenvalue weighted by atomic mass is 16.2. The fourth-order valence-corrected chi connectivity index (χ4v) is 2.27. The van der Waals surface area contributed by atoms with E-state index in [-0.39, 0.29) is 5.91 Å². The lowest BCUT2D eigenvalue weighted by Crippen LogP contribution is -2.32. The van der Waals surface area contributed by atoms with Crippen LogP contribution in [0.25, 0.3) is 0 Å². The summed E-state index contributed by atoms with van der Waals surface area (Å²) in [5.41, 5.74) is 0. The monoisotopic (exact) mass is 197 g/mol. The van der Waals surface area contributed by atoms with E-state index >= 15 is 0 Å². The van der Waals surface area contributed by atoms with Crippen LogP contribution < -0.4 is 0 Å². The van der Waals surface area contributed by atoms with E-state index in [0.29, 0.717) is 6.42 Å². The molecule has 1 aliphatic carbocycles. The zero-order valence-electron chi connectivity index (χ0n) is 9.75. The van der Waals surface area contributed by atoms with E-state index in [1.165, 1.54) is 25.7 Å². The van der Waals surface area contributed by atoms with Crippen LogP contribution in [0.1, 0.15) is 46.0 Å². The Morgan fingerprint density at radius 1 is 1.29 bits per heavy atom. The summed E-state index contributed by atoms with van der Waals surface area (Å²) < 4.78 is 0. The Morgan fingerprint density at radius 3 is 2.36 bits per heavy atom. The molecule has 0 N–H and O–H groups in total. The molecule has 0 atom stereocenters. The molecule has 1 amide bonds.